The minimum Gasteiger partial charge on any atom is -0.354 e. The fourth-order valence-electron chi connectivity index (χ4n) is 2.30. The van der Waals surface area contributed by atoms with E-state index in [-0.39, 0.29) is 24.1 Å². The second-order valence-electron chi connectivity index (χ2n) is 4.66. The third-order valence-corrected chi connectivity index (χ3v) is 5.29. The quantitative estimate of drug-likeness (QED) is 0.665. The van der Waals surface area contributed by atoms with Crippen molar-refractivity contribution in [3.05, 3.63) is 0 Å². The number of sulfonamides is 1. The number of carbonyl (C=O) groups is 1. The van der Waals surface area contributed by atoms with Gasteiger partial charge in [0, 0.05) is 13.1 Å². The lowest BCUT2D eigenvalue weighted by atomic mass is 10.0. The first kappa shape index (κ1) is 12.8. The Kier molecular flexibility index (Phi) is 4.01. The summed E-state index contributed by atoms with van der Waals surface area (Å²) in [4.78, 5) is 11.2. The Hall–Kier alpha value is -0.660. The number of nitrogens with one attached hydrogen (secondary N) is 2. The van der Waals surface area contributed by atoms with Gasteiger partial charge in [-0.3, -0.25) is 4.79 Å². The second kappa shape index (κ2) is 5.32. The Bertz CT molecular complexity index is 376. The van der Waals surface area contributed by atoms with Gasteiger partial charge >= 0.3 is 0 Å². The van der Waals surface area contributed by atoms with Gasteiger partial charge in [-0.1, -0.05) is 0 Å². The molecule has 0 radical (unpaired) electrons. The number of piperidine rings is 1. The Morgan fingerprint density at radius 2 is 1.94 bits per heavy atom. The van der Waals surface area contributed by atoms with Crippen LogP contribution in [0.5, 0.6) is 0 Å². The molecule has 0 aliphatic carbocycles. The largest absolute Gasteiger partial charge is 0.354 e. The van der Waals surface area contributed by atoms with E-state index < -0.39 is 10.0 Å². The van der Waals surface area contributed by atoms with Crippen molar-refractivity contribution in [3.8, 4) is 0 Å². The highest BCUT2D eigenvalue weighted by atomic mass is 32.2. The molecule has 98 valence electrons. The number of piperazine rings is 1. The molecule has 0 atom stereocenters. The molecule has 2 heterocycles. The van der Waals surface area contributed by atoms with Crippen molar-refractivity contribution in [1.29, 1.82) is 0 Å². The summed E-state index contributed by atoms with van der Waals surface area (Å²) in [5.74, 6) is 0.207. The Labute approximate surface area is 102 Å². The molecule has 2 saturated heterocycles. The average Bonchev–Trinajstić information content (AvgIpc) is 2.30. The van der Waals surface area contributed by atoms with E-state index in [9.17, 15) is 13.2 Å². The monoisotopic (exact) mass is 261 g/mol. The van der Waals surface area contributed by atoms with Crippen LogP contribution in [-0.2, 0) is 14.8 Å². The van der Waals surface area contributed by atoms with Gasteiger partial charge in [0.05, 0.1) is 12.3 Å². The van der Waals surface area contributed by atoms with Gasteiger partial charge < -0.3 is 10.6 Å². The number of hydrogen-bond donors (Lipinski definition) is 2. The zero-order valence-electron chi connectivity index (χ0n) is 9.81. The highest BCUT2D eigenvalue weighted by molar-refractivity contribution is 7.89. The van der Waals surface area contributed by atoms with Gasteiger partial charge in [0.15, 0.2) is 0 Å². The van der Waals surface area contributed by atoms with E-state index in [1.807, 2.05) is 0 Å². The molecule has 7 heteroatoms. The molecule has 0 spiro atoms. The molecule has 0 aromatic carbocycles. The lowest BCUT2D eigenvalue weighted by Gasteiger charge is -2.29. The molecule has 6 nitrogen and oxygen atoms in total. The van der Waals surface area contributed by atoms with Gasteiger partial charge in [-0.25, -0.2) is 8.42 Å². The molecule has 2 N–H and O–H groups in total. The molecule has 2 aliphatic rings. The second-order valence-corrected chi connectivity index (χ2v) is 6.67. The summed E-state index contributed by atoms with van der Waals surface area (Å²) >= 11 is 0. The molecule has 2 rings (SSSR count). The van der Waals surface area contributed by atoms with Crippen LogP contribution >= 0.6 is 0 Å². The maximum absolute atomic E-state index is 12.1. The van der Waals surface area contributed by atoms with Gasteiger partial charge in [-0.05, 0) is 31.8 Å². The highest BCUT2D eigenvalue weighted by Crippen LogP contribution is 2.16. The Morgan fingerprint density at radius 1 is 1.24 bits per heavy atom. The number of rotatable bonds is 3. The molecule has 1 amide bonds. The molecule has 2 fully saturated rings. The minimum absolute atomic E-state index is 0.0205. The van der Waals surface area contributed by atoms with E-state index in [1.165, 1.54) is 4.31 Å². The smallest absolute Gasteiger partial charge is 0.235 e. The number of carbonyl (C=O) groups excluding carboxylic acids is 1. The molecule has 17 heavy (non-hydrogen) atoms. The summed E-state index contributed by atoms with van der Waals surface area (Å²) in [7, 11) is -3.27. The molecular formula is C10H19N3O3S. The van der Waals surface area contributed by atoms with Crippen molar-refractivity contribution < 1.29 is 13.2 Å². The summed E-state index contributed by atoms with van der Waals surface area (Å²) in [6, 6.07) is 0. The van der Waals surface area contributed by atoms with Crippen LogP contribution in [0.15, 0.2) is 0 Å². The molecule has 2 aliphatic heterocycles. The van der Waals surface area contributed by atoms with Gasteiger partial charge in [-0.15, -0.1) is 0 Å². The number of amides is 1. The predicted octanol–water partition coefficient (Wildman–Crippen LogP) is -1.25. The van der Waals surface area contributed by atoms with Crippen molar-refractivity contribution >= 4 is 15.9 Å². The normalized spacial score (nSPS) is 24.6. The van der Waals surface area contributed by atoms with Crippen LogP contribution in [-0.4, -0.2) is 57.1 Å². The van der Waals surface area contributed by atoms with Crippen molar-refractivity contribution in [3.63, 3.8) is 0 Å². The van der Waals surface area contributed by atoms with Crippen molar-refractivity contribution in [2.24, 2.45) is 5.92 Å². The van der Waals surface area contributed by atoms with Gasteiger partial charge in [0.1, 0.15) is 0 Å². The van der Waals surface area contributed by atoms with Gasteiger partial charge in [0.25, 0.3) is 0 Å². The van der Waals surface area contributed by atoms with Gasteiger partial charge in [-0.2, -0.15) is 4.31 Å². The summed E-state index contributed by atoms with van der Waals surface area (Å²) < 4.78 is 25.6. The van der Waals surface area contributed by atoms with E-state index in [2.05, 4.69) is 10.6 Å². The van der Waals surface area contributed by atoms with E-state index in [1.54, 1.807) is 0 Å². The average molecular weight is 261 g/mol. The van der Waals surface area contributed by atoms with E-state index in [0.29, 0.717) is 13.1 Å². The number of nitrogens with zero attached hydrogens (tertiary/aromatic N) is 1. The first-order valence-corrected chi connectivity index (χ1v) is 7.64. The molecule has 0 aromatic rings. The van der Waals surface area contributed by atoms with Crippen molar-refractivity contribution in [1.82, 2.24) is 14.9 Å². The van der Waals surface area contributed by atoms with E-state index in [0.717, 1.165) is 25.9 Å². The first-order valence-electron chi connectivity index (χ1n) is 6.03. The van der Waals surface area contributed by atoms with Crippen molar-refractivity contribution in [2.45, 2.75) is 12.8 Å². The first-order chi connectivity index (χ1) is 8.08. The maximum atomic E-state index is 12.1. The van der Waals surface area contributed by atoms with Crippen molar-refractivity contribution in [2.75, 3.05) is 38.5 Å². The predicted molar refractivity (Wildman–Crippen MR) is 64.0 cm³/mol. The fraction of sp³-hybridized carbons (Fsp3) is 0.900. The summed E-state index contributed by atoms with van der Waals surface area (Å²) in [6.45, 7) is 2.58. The Morgan fingerprint density at radius 3 is 2.59 bits per heavy atom. The third-order valence-electron chi connectivity index (χ3n) is 3.30. The third kappa shape index (κ3) is 3.40. The van der Waals surface area contributed by atoms with Crippen LogP contribution in [0.3, 0.4) is 0 Å². The van der Waals surface area contributed by atoms with Gasteiger partial charge in [0.2, 0.25) is 15.9 Å². The molecule has 0 bridgehead atoms. The summed E-state index contributed by atoms with van der Waals surface area (Å²) in [5, 5.41) is 5.85. The van der Waals surface area contributed by atoms with Crippen LogP contribution < -0.4 is 10.6 Å². The summed E-state index contributed by atoms with van der Waals surface area (Å²) in [5.41, 5.74) is 0. The van der Waals surface area contributed by atoms with Crippen LogP contribution in [0.25, 0.3) is 0 Å². The molecular weight excluding hydrogens is 242 g/mol. The molecule has 0 aromatic heterocycles. The minimum atomic E-state index is -3.27. The van der Waals surface area contributed by atoms with Crippen LogP contribution in [0, 0.1) is 5.92 Å². The van der Waals surface area contributed by atoms with Crippen LogP contribution in [0.2, 0.25) is 0 Å². The van der Waals surface area contributed by atoms with Crippen LogP contribution in [0.1, 0.15) is 12.8 Å². The lowest BCUT2D eigenvalue weighted by molar-refractivity contribution is -0.122. The SMILES string of the molecule is O=C1CN(S(=O)(=O)CC2CCNCC2)CCN1. The zero-order chi connectivity index (χ0) is 12.3. The standard InChI is InChI=1S/C10H19N3O3S/c14-10-7-13(6-5-12-10)17(15,16)8-9-1-3-11-4-2-9/h9,11H,1-8H2,(H,12,14). The fourth-order valence-corrected chi connectivity index (χ4v) is 4.13. The topological polar surface area (TPSA) is 78.5 Å². The number of hydrogen-bond acceptors (Lipinski definition) is 4. The summed E-state index contributed by atoms with van der Waals surface area (Å²) in [6.07, 6.45) is 1.80. The maximum Gasteiger partial charge on any atom is 0.235 e. The lowest BCUT2D eigenvalue weighted by Crippen LogP contribution is -2.51. The van der Waals surface area contributed by atoms with E-state index >= 15 is 0 Å². The Balaban J connectivity index is 1.95. The molecule has 0 saturated carbocycles. The molecule has 0 unspecified atom stereocenters. The van der Waals surface area contributed by atoms with Crippen LogP contribution in [0.4, 0.5) is 0 Å². The van der Waals surface area contributed by atoms with E-state index in [4.69, 9.17) is 0 Å². The zero-order valence-corrected chi connectivity index (χ0v) is 10.6. The highest BCUT2D eigenvalue weighted by Gasteiger charge is 2.30.